The van der Waals surface area contributed by atoms with Gasteiger partial charge >= 0.3 is 5.76 Å². The molecule has 0 atom stereocenters. The van der Waals surface area contributed by atoms with Gasteiger partial charge in [0.2, 0.25) is 5.91 Å². The molecule has 1 aliphatic rings. The van der Waals surface area contributed by atoms with Crippen molar-refractivity contribution >= 4 is 49.2 Å². The minimum absolute atomic E-state index is 0.0854. The summed E-state index contributed by atoms with van der Waals surface area (Å²) in [5.74, 6) is -0.810. The molecule has 9 nitrogen and oxygen atoms in total. The van der Waals surface area contributed by atoms with Crippen molar-refractivity contribution in [1.29, 1.82) is 0 Å². The van der Waals surface area contributed by atoms with Crippen molar-refractivity contribution in [3.05, 3.63) is 58.2 Å². The Balaban J connectivity index is 1.52. The Morgan fingerprint density at radius 2 is 2.06 bits per heavy atom. The Hall–Kier alpha value is -3.44. The SMILES string of the molecule is CC(=O)Nc1nc(C)c(-c2ccc3c(c2)CCCN3S(=O)(=O)c2ccc3oc(=O)[nH]c3c2)s1. The summed E-state index contributed by atoms with van der Waals surface area (Å²) in [6, 6.07) is 10.0. The summed E-state index contributed by atoms with van der Waals surface area (Å²) in [5.41, 5.74) is 3.93. The fourth-order valence-corrected chi connectivity index (χ4v) is 6.62. The number of anilines is 2. The molecule has 2 N–H and O–H groups in total. The maximum atomic E-state index is 13.5. The standard InChI is InChI=1S/C22H20N4O5S2/c1-12-20(32-21(23-12)24-13(2)27)15-5-7-18-14(10-15)4-3-9-26(18)33(29,30)16-6-8-19-17(11-16)25-22(28)31-19/h5-8,10-11H,3-4,9H2,1-2H3,(H,25,28)(H,23,24,27). The molecule has 0 bridgehead atoms. The number of sulfonamides is 1. The lowest BCUT2D eigenvalue weighted by Crippen LogP contribution is -2.35. The van der Waals surface area contributed by atoms with E-state index in [2.05, 4.69) is 15.3 Å². The number of nitrogens with zero attached hydrogens (tertiary/aromatic N) is 2. The van der Waals surface area contributed by atoms with E-state index in [4.69, 9.17) is 4.42 Å². The van der Waals surface area contributed by atoms with E-state index in [1.807, 2.05) is 25.1 Å². The van der Waals surface area contributed by atoms with E-state index in [9.17, 15) is 18.0 Å². The van der Waals surface area contributed by atoms with Gasteiger partial charge in [-0.1, -0.05) is 17.4 Å². The Bertz CT molecular complexity index is 1570. The first-order chi connectivity index (χ1) is 15.7. The molecule has 0 spiro atoms. The Labute approximate surface area is 193 Å². The van der Waals surface area contributed by atoms with Crippen LogP contribution in [0.2, 0.25) is 0 Å². The number of carbonyl (C=O) groups is 1. The number of rotatable bonds is 4. The summed E-state index contributed by atoms with van der Waals surface area (Å²) in [5, 5.41) is 3.24. The average Bonchev–Trinajstić information content (AvgIpc) is 3.32. The van der Waals surface area contributed by atoms with Crippen LogP contribution in [0.1, 0.15) is 24.6 Å². The molecule has 1 aliphatic heterocycles. The number of H-pyrrole nitrogens is 1. The molecule has 33 heavy (non-hydrogen) atoms. The Morgan fingerprint density at radius 1 is 1.24 bits per heavy atom. The van der Waals surface area contributed by atoms with E-state index in [1.165, 1.54) is 40.8 Å². The highest BCUT2D eigenvalue weighted by molar-refractivity contribution is 7.92. The van der Waals surface area contributed by atoms with Gasteiger partial charge in [-0.3, -0.25) is 14.1 Å². The molecule has 170 valence electrons. The topological polar surface area (TPSA) is 125 Å². The molecule has 11 heteroatoms. The Kier molecular flexibility index (Phi) is 5.09. The molecule has 0 fully saturated rings. The first-order valence-corrected chi connectivity index (χ1v) is 12.5. The molecule has 5 rings (SSSR count). The number of hydrogen-bond donors (Lipinski definition) is 2. The van der Waals surface area contributed by atoms with E-state index in [0.29, 0.717) is 34.9 Å². The van der Waals surface area contributed by atoms with Crippen molar-refractivity contribution in [2.24, 2.45) is 0 Å². The molecule has 0 radical (unpaired) electrons. The van der Waals surface area contributed by atoms with Crippen LogP contribution >= 0.6 is 11.3 Å². The van der Waals surface area contributed by atoms with Gasteiger partial charge in [0.05, 0.1) is 26.7 Å². The van der Waals surface area contributed by atoms with E-state index in [-0.39, 0.29) is 10.8 Å². The maximum absolute atomic E-state index is 13.5. The predicted octanol–water partition coefficient (Wildman–Crippen LogP) is 3.65. The molecule has 0 unspecified atom stereocenters. The van der Waals surface area contributed by atoms with Gasteiger partial charge in [0.25, 0.3) is 10.0 Å². The van der Waals surface area contributed by atoms with Crippen LogP contribution in [0.3, 0.4) is 0 Å². The van der Waals surface area contributed by atoms with E-state index < -0.39 is 15.8 Å². The fourth-order valence-electron chi connectivity index (χ4n) is 4.04. The smallest absolute Gasteiger partial charge is 0.408 e. The van der Waals surface area contributed by atoms with Crippen LogP contribution in [0.4, 0.5) is 10.8 Å². The van der Waals surface area contributed by atoms with Crippen LogP contribution in [0.25, 0.3) is 21.5 Å². The molecular weight excluding hydrogens is 464 g/mol. The number of aryl methyl sites for hydroxylation is 2. The number of nitrogens with one attached hydrogen (secondary N) is 2. The van der Waals surface area contributed by atoms with Crippen molar-refractivity contribution in [3.8, 4) is 10.4 Å². The lowest BCUT2D eigenvalue weighted by Gasteiger charge is -2.30. The van der Waals surface area contributed by atoms with Gasteiger partial charge in [-0.15, -0.1) is 0 Å². The third kappa shape index (κ3) is 3.83. The summed E-state index contributed by atoms with van der Waals surface area (Å²) in [4.78, 5) is 30.7. The number of aromatic amines is 1. The number of benzene rings is 2. The zero-order chi connectivity index (χ0) is 23.3. The largest absolute Gasteiger partial charge is 0.417 e. The predicted molar refractivity (Wildman–Crippen MR) is 126 cm³/mol. The van der Waals surface area contributed by atoms with Gasteiger partial charge in [0, 0.05) is 13.5 Å². The molecular formula is C22H20N4O5S2. The lowest BCUT2D eigenvalue weighted by atomic mass is 10.00. The van der Waals surface area contributed by atoms with Crippen LogP contribution < -0.4 is 15.4 Å². The summed E-state index contributed by atoms with van der Waals surface area (Å²) in [6.45, 7) is 3.68. The van der Waals surface area contributed by atoms with Crippen LogP contribution in [-0.2, 0) is 21.2 Å². The molecule has 0 saturated heterocycles. The minimum atomic E-state index is -3.84. The van der Waals surface area contributed by atoms with Crippen LogP contribution in [0.15, 0.2) is 50.5 Å². The van der Waals surface area contributed by atoms with Crippen molar-refractivity contribution in [3.63, 3.8) is 0 Å². The second kappa shape index (κ2) is 7.85. The van der Waals surface area contributed by atoms with Crippen LogP contribution in [0.5, 0.6) is 0 Å². The summed E-state index contributed by atoms with van der Waals surface area (Å²) in [6.07, 6.45) is 1.43. The zero-order valence-electron chi connectivity index (χ0n) is 17.8. The average molecular weight is 485 g/mol. The number of hydrogen-bond acceptors (Lipinski definition) is 7. The number of aromatic nitrogens is 2. The van der Waals surface area contributed by atoms with Crippen molar-refractivity contribution < 1.29 is 17.6 Å². The number of thiazole rings is 1. The van der Waals surface area contributed by atoms with Crippen molar-refractivity contribution in [1.82, 2.24) is 9.97 Å². The minimum Gasteiger partial charge on any atom is -0.408 e. The van der Waals surface area contributed by atoms with E-state index >= 15 is 0 Å². The summed E-state index contributed by atoms with van der Waals surface area (Å²) >= 11 is 1.39. The Morgan fingerprint density at radius 3 is 2.85 bits per heavy atom. The van der Waals surface area contributed by atoms with Gasteiger partial charge in [0.1, 0.15) is 0 Å². The third-order valence-electron chi connectivity index (χ3n) is 5.48. The van der Waals surface area contributed by atoms with Crippen LogP contribution in [0, 0.1) is 6.92 Å². The number of carbonyl (C=O) groups excluding carboxylic acids is 1. The molecule has 0 aliphatic carbocycles. The first-order valence-electron chi connectivity index (χ1n) is 10.3. The number of fused-ring (bicyclic) bond motifs is 2. The lowest BCUT2D eigenvalue weighted by molar-refractivity contribution is -0.114. The van der Waals surface area contributed by atoms with Gasteiger partial charge in [-0.2, -0.15) is 0 Å². The fraction of sp³-hybridized carbons (Fsp3) is 0.227. The molecule has 1 amide bonds. The highest BCUT2D eigenvalue weighted by Crippen LogP contribution is 2.38. The zero-order valence-corrected chi connectivity index (χ0v) is 19.5. The molecule has 4 aromatic rings. The van der Waals surface area contributed by atoms with Crippen molar-refractivity contribution in [2.75, 3.05) is 16.2 Å². The highest BCUT2D eigenvalue weighted by atomic mass is 32.2. The first kappa shape index (κ1) is 21.4. The van der Waals surface area contributed by atoms with Gasteiger partial charge < -0.3 is 9.73 Å². The highest BCUT2D eigenvalue weighted by Gasteiger charge is 2.30. The number of amides is 1. The second-order valence-corrected chi connectivity index (χ2v) is 10.7. The van der Waals surface area contributed by atoms with Crippen LogP contribution in [-0.4, -0.2) is 30.8 Å². The molecule has 2 aromatic heterocycles. The molecule has 3 heterocycles. The maximum Gasteiger partial charge on any atom is 0.417 e. The normalized spacial score (nSPS) is 13.8. The quantitative estimate of drug-likeness (QED) is 0.455. The number of oxazole rings is 1. The molecule has 0 saturated carbocycles. The molecule has 2 aromatic carbocycles. The second-order valence-electron chi connectivity index (χ2n) is 7.81. The van der Waals surface area contributed by atoms with Crippen molar-refractivity contribution in [2.45, 2.75) is 31.6 Å². The summed E-state index contributed by atoms with van der Waals surface area (Å²) < 4.78 is 33.3. The third-order valence-corrected chi connectivity index (χ3v) is 8.41. The monoisotopic (exact) mass is 484 g/mol. The van der Waals surface area contributed by atoms with E-state index in [1.54, 1.807) is 0 Å². The van der Waals surface area contributed by atoms with E-state index in [0.717, 1.165) is 28.1 Å². The van der Waals surface area contributed by atoms with Gasteiger partial charge in [-0.25, -0.2) is 18.2 Å². The van der Waals surface area contributed by atoms with Gasteiger partial charge in [0.15, 0.2) is 10.7 Å². The summed E-state index contributed by atoms with van der Waals surface area (Å²) in [7, 11) is -3.84. The van der Waals surface area contributed by atoms with Gasteiger partial charge in [-0.05, 0) is 61.2 Å².